The molecule has 2 N–H and O–H groups in total. The number of pyridine rings is 1. The number of hydrogen-bond acceptors (Lipinski definition) is 5. The zero-order chi connectivity index (χ0) is 13.5. The van der Waals surface area contributed by atoms with Crippen molar-refractivity contribution in [3.63, 3.8) is 0 Å². The van der Waals surface area contributed by atoms with Gasteiger partial charge in [-0.05, 0) is 19.1 Å². The first kappa shape index (κ1) is 14.5. The molecule has 0 spiro atoms. The van der Waals surface area contributed by atoms with E-state index < -0.39 is 0 Å². The van der Waals surface area contributed by atoms with Crippen molar-refractivity contribution in [2.75, 3.05) is 35.7 Å². The predicted octanol–water partition coefficient (Wildman–Crippen LogP) is 2.09. The highest BCUT2D eigenvalue weighted by Crippen LogP contribution is 2.23. The summed E-state index contributed by atoms with van der Waals surface area (Å²) in [5, 5.41) is 6.66. The van der Waals surface area contributed by atoms with Gasteiger partial charge in [0.05, 0.1) is 5.56 Å². The van der Waals surface area contributed by atoms with Crippen molar-refractivity contribution in [3.05, 3.63) is 23.9 Å². The second-order valence-corrected chi connectivity index (χ2v) is 6.77. The molecule has 1 aromatic rings. The summed E-state index contributed by atoms with van der Waals surface area (Å²) < 4.78 is 0. The molecule has 1 amide bonds. The number of hydrogen-bond donors (Lipinski definition) is 2. The van der Waals surface area contributed by atoms with Crippen molar-refractivity contribution in [1.82, 2.24) is 10.3 Å². The average molecular weight is 297 g/mol. The highest BCUT2D eigenvalue weighted by Gasteiger charge is 2.17. The molecule has 0 aromatic carbocycles. The van der Waals surface area contributed by atoms with Gasteiger partial charge in [0.1, 0.15) is 5.82 Å². The van der Waals surface area contributed by atoms with Crippen LogP contribution in [0.1, 0.15) is 17.3 Å². The molecule has 0 bridgehead atoms. The molecule has 2 rings (SSSR count). The van der Waals surface area contributed by atoms with E-state index in [1.54, 1.807) is 12.3 Å². The summed E-state index contributed by atoms with van der Waals surface area (Å²) in [6.45, 7) is 3.48. The van der Waals surface area contributed by atoms with Crippen LogP contribution in [0.4, 0.5) is 5.82 Å². The molecule has 1 aliphatic rings. The summed E-state index contributed by atoms with van der Waals surface area (Å²) >= 11 is 3.91. The Hall–Kier alpha value is -0.880. The van der Waals surface area contributed by atoms with Crippen molar-refractivity contribution in [1.29, 1.82) is 0 Å². The van der Waals surface area contributed by atoms with Gasteiger partial charge in [0.15, 0.2) is 0 Å². The third-order valence-electron chi connectivity index (χ3n) is 2.77. The lowest BCUT2D eigenvalue weighted by molar-refractivity contribution is 0.0954. The predicted molar refractivity (Wildman–Crippen MR) is 84.3 cm³/mol. The third kappa shape index (κ3) is 4.31. The van der Waals surface area contributed by atoms with Crippen LogP contribution in [0.15, 0.2) is 18.3 Å². The fourth-order valence-corrected chi connectivity index (χ4v) is 4.46. The van der Waals surface area contributed by atoms with Crippen molar-refractivity contribution in [2.45, 2.75) is 12.2 Å². The second-order valence-electron chi connectivity index (χ2n) is 4.21. The van der Waals surface area contributed by atoms with Gasteiger partial charge in [-0.3, -0.25) is 4.79 Å². The van der Waals surface area contributed by atoms with Gasteiger partial charge in [0, 0.05) is 41.8 Å². The van der Waals surface area contributed by atoms with E-state index in [0.29, 0.717) is 16.6 Å². The van der Waals surface area contributed by atoms with Crippen LogP contribution in [-0.2, 0) is 0 Å². The average Bonchev–Trinajstić information content (AvgIpc) is 2.47. The molecule has 6 heteroatoms. The van der Waals surface area contributed by atoms with Crippen LogP contribution in [-0.4, -0.2) is 46.5 Å². The maximum atomic E-state index is 12.2. The lowest BCUT2D eigenvalue weighted by Gasteiger charge is -2.21. The van der Waals surface area contributed by atoms with Gasteiger partial charge in [0.2, 0.25) is 0 Å². The van der Waals surface area contributed by atoms with Crippen LogP contribution in [0.3, 0.4) is 0 Å². The van der Waals surface area contributed by atoms with Crippen molar-refractivity contribution in [3.8, 4) is 0 Å². The molecule has 1 aromatic heterocycles. The number of carbonyl (C=O) groups excluding carboxylic acids is 1. The van der Waals surface area contributed by atoms with E-state index >= 15 is 0 Å². The topological polar surface area (TPSA) is 54.0 Å². The van der Waals surface area contributed by atoms with Gasteiger partial charge in [-0.2, -0.15) is 23.5 Å². The highest BCUT2D eigenvalue weighted by molar-refractivity contribution is 8.06. The smallest absolute Gasteiger partial charge is 0.255 e. The zero-order valence-electron chi connectivity index (χ0n) is 11.0. The van der Waals surface area contributed by atoms with Gasteiger partial charge in [-0.25, -0.2) is 4.98 Å². The summed E-state index contributed by atoms with van der Waals surface area (Å²) in [5.74, 6) is 4.15. The van der Waals surface area contributed by atoms with Crippen molar-refractivity contribution in [2.24, 2.45) is 0 Å². The van der Waals surface area contributed by atoms with Crippen LogP contribution in [0, 0.1) is 0 Å². The first-order valence-electron chi connectivity index (χ1n) is 6.47. The molecule has 0 saturated carbocycles. The second kappa shape index (κ2) is 7.65. The summed E-state index contributed by atoms with van der Waals surface area (Å²) in [6.07, 6.45) is 1.70. The van der Waals surface area contributed by atoms with Crippen molar-refractivity contribution >= 4 is 35.2 Å². The van der Waals surface area contributed by atoms with Gasteiger partial charge in [-0.1, -0.05) is 0 Å². The molecular formula is C13H19N3OS2. The minimum atomic E-state index is -0.0415. The Morgan fingerprint density at radius 3 is 3.16 bits per heavy atom. The summed E-state index contributed by atoms with van der Waals surface area (Å²) in [4.78, 5) is 16.4. The summed E-state index contributed by atoms with van der Waals surface area (Å²) in [5.41, 5.74) is 0.623. The van der Waals surface area contributed by atoms with Gasteiger partial charge in [0.25, 0.3) is 5.91 Å². The normalized spacial score (nSPS) is 18.9. The number of amides is 1. The SMILES string of the molecule is CCNc1ncccc1C(=O)NCC1CSCCS1. The van der Waals surface area contributed by atoms with E-state index in [1.165, 1.54) is 11.5 Å². The zero-order valence-corrected chi connectivity index (χ0v) is 12.6. The Bertz CT molecular complexity index is 422. The first-order chi connectivity index (χ1) is 9.31. The highest BCUT2D eigenvalue weighted by atomic mass is 32.2. The fourth-order valence-electron chi connectivity index (χ4n) is 1.85. The van der Waals surface area contributed by atoms with Crippen LogP contribution >= 0.6 is 23.5 Å². The third-order valence-corrected chi connectivity index (χ3v) is 5.62. The molecule has 0 aliphatic carbocycles. The number of nitrogens with one attached hydrogen (secondary N) is 2. The van der Waals surface area contributed by atoms with Gasteiger partial charge < -0.3 is 10.6 Å². The Labute approximate surface area is 122 Å². The number of nitrogens with zero attached hydrogens (tertiary/aromatic N) is 1. The first-order valence-corrected chi connectivity index (χ1v) is 8.68. The van der Waals surface area contributed by atoms with Crippen LogP contribution in [0.25, 0.3) is 0 Å². The lowest BCUT2D eigenvalue weighted by Crippen LogP contribution is -2.33. The fraction of sp³-hybridized carbons (Fsp3) is 0.538. The number of anilines is 1. The van der Waals surface area contributed by atoms with Crippen LogP contribution < -0.4 is 10.6 Å². The molecule has 104 valence electrons. The van der Waals surface area contributed by atoms with E-state index in [9.17, 15) is 4.79 Å². The largest absolute Gasteiger partial charge is 0.370 e. The quantitative estimate of drug-likeness (QED) is 0.871. The van der Waals surface area contributed by atoms with E-state index in [-0.39, 0.29) is 5.91 Å². The molecule has 1 aliphatic heterocycles. The Morgan fingerprint density at radius 2 is 2.42 bits per heavy atom. The van der Waals surface area contributed by atoms with Crippen LogP contribution in [0.2, 0.25) is 0 Å². The van der Waals surface area contributed by atoms with Crippen LogP contribution in [0.5, 0.6) is 0 Å². The van der Waals surface area contributed by atoms with E-state index in [2.05, 4.69) is 15.6 Å². The lowest BCUT2D eigenvalue weighted by atomic mass is 10.2. The molecule has 4 nitrogen and oxygen atoms in total. The molecule has 0 radical (unpaired) electrons. The van der Waals surface area contributed by atoms with E-state index in [4.69, 9.17) is 0 Å². The summed E-state index contributed by atoms with van der Waals surface area (Å²) in [6, 6.07) is 3.60. The number of carbonyl (C=O) groups is 1. The number of aromatic nitrogens is 1. The molecular weight excluding hydrogens is 278 g/mol. The molecule has 1 saturated heterocycles. The minimum absolute atomic E-state index is 0.0415. The maximum absolute atomic E-state index is 12.2. The Morgan fingerprint density at radius 1 is 1.53 bits per heavy atom. The molecule has 1 unspecified atom stereocenters. The standard InChI is InChI=1S/C13H19N3OS2/c1-2-14-12-11(4-3-5-15-12)13(17)16-8-10-9-18-6-7-19-10/h3-5,10H,2,6-9H2,1H3,(H,14,15)(H,16,17). The molecule has 19 heavy (non-hydrogen) atoms. The monoisotopic (exact) mass is 297 g/mol. The van der Waals surface area contributed by atoms with E-state index in [1.807, 2.05) is 36.5 Å². The number of thioether (sulfide) groups is 2. The number of rotatable bonds is 5. The van der Waals surface area contributed by atoms with Gasteiger partial charge >= 0.3 is 0 Å². The van der Waals surface area contributed by atoms with Crippen molar-refractivity contribution < 1.29 is 4.79 Å². The maximum Gasteiger partial charge on any atom is 0.255 e. The van der Waals surface area contributed by atoms with Gasteiger partial charge in [-0.15, -0.1) is 0 Å². The molecule has 1 atom stereocenters. The Balaban J connectivity index is 1.91. The van der Waals surface area contributed by atoms with E-state index in [0.717, 1.165) is 18.8 Å². The molecule has 1 fully saturated rings. The molecule has 2 heterocycles. The summed E-state index contributed by atoms with van der Waals surface area (Å²) in [7, 11) is 0. The Kier molecular flexibility index (Phi) is 5.85. The minimum Gasteiger partial charge on any atom is -0.370 e.